The smallest absolute Gasteiger partial charge is 0.312 e. The van der Waals surface area contributed by atoms with Gasteiger partial charge in [0.25, 0.3) is 20.2 Å². The van der Waals surface area contributed by atoms with Crippen molar-refractivity contribution in [2.24, 2.45) is 0 Å². The van der Waals surface area contributed by atoms with Gasteiger partial charge in [-0.2, -0.15) is 16.8 Å². The van der Waals surface area contributed by atoms with Crippen LogP contribution in [0.25, 0.3) is 0 Å². The highest BCUT2D eigenvalue weighted by Gasteiger charge is 2.25. The Morgan fingerprint density at radius 3 is 1.47 bits per heavy atom. The lowest BCUT2D eigenvalue weighted by atomic mass is 10.6. The molecule has 0 radical (unpaired) electrons. The third-order valence-corrected chi connectivity index (χ3v) is 3.99. The summed E-state index contributed by atoms with van der Waals surface area (Å²) in [5.41, 5.74) is 0. The van der Waals surface area contributed by atoms with E-state index in [4.69, 9.17) is 9.79 Å². The van der Waals surface area contributed by atoms with Crippen LogP contribution >= 0.6 is 7.75 Å². The van der Waals surface area contributed by atoms with E-state index >= 15 is 0 Å². The van der Waals surface area contributed by atoms with Crippen LogP contribution in [0.2, 0.25) is 0 Å². The minimum absolute atomic E-state index is 0.398. The fourth-order valence-corrected chi connectivity index (χ4v) is 2.40. The fourth-order valence-electron chi connectivity index (χ4n) is 0.960. The van der Waals surface area contributed by atoms with Gasteiger partial charge < -0.3 is 9.79 Å². The van der Waals surface area contributed by atoms with E-state index in [0.717, 1.165) is 12.5 Å². The molecule has 19 heavy (non-hydrogen) atoms. The first-order chi connectivity index (χ1) is 8.31. The van der Waals surface area contributed by atoms with E-state index in [1.54, 1.807) is 0 Å². The largest absolute Gasteiger partial charge is 0.403 e. The van der Waals surface area contributed by atoms with Gasteiger partial charge in [0.15, 0.2) is 0 Å². The Morgan fingerprint density at radius 2 is 1.26 bits per heavy atom. The number of hydrogen-bond acceptors (Lipinski definition) is 7. The fraction of sp³-hybridized carbons (Fsp3) is 1.00. The minimum atomic E-state index is -4.66. The molecular formula is C6H16NO9PS2. The number of rotatable bonds is 9. The number of hydrogen-bond donors (Lipinski definition) is 2. The van der Waals surface area contributed by atoms with Crippen LogP contribution in [0.15, 0.2) is 0 Å². The molecular weight excluding hydrogens is 325 g/mol. The van der Waals surface area contributed by atoms with Gasteiger partial charge in [-0.25, -0.2) is 9.24 Å². The van der Waals surface area contributed by atoms with Crippen LogP contribution in [0.1, 0.15) is 0 Å². The van der Waals surface area contributed by atoms with Gasteiger partial charge in [0.1, 0.15) is 0 Å². The lowest BCUT2D eigenvalue weighted by molar-refractivity contribution is 0.204. The van der Waals surface area contributed by atoms with Gasteiger partial charge in [0.2, 0.25) is 0 Å². The van der Waals surface area contributed by atoms with Gasteiger partial charge >= 0.3 is 7.75 Å². The van der Waals surface area contributed by atoms with Gasteiger partial charge in [-0.05, 0) is 0 Å². The highest BCUT2D eigenvalue weighted by atomic mass is 32.2. The molecule has 0 amide bonds. The zero-order valence-corrected chi connectivity index (χ0v) is 12.8. The highest BCUT2D eigenvalue weighted by molar-refractivity contribution is 7.86. The zero-order chi connectivity index (χ0) is 15.3. The normalized spacial score (nSPS) is 13.9. The number of nitrogens with zero attached hydrogens (tertiary/aromatic N) is 1. The van der Waals surface area contributed by atoms with Crippen molar-refractivity contribution in [3.63, 3.8) is 0 Å². The average Bonchev–Trinajstić information content (AvgIpc) is 2.09. The highest BCUT2D eigenvalue weighted by Crippen LogP contribution is 2.39. The maximum absolute atomic E-state index is 11.1. The van der Waals surface area contributed by atoms with Crippen molar-refractivity contribution in [1.29, 1.82) is 0 Å². The van der Waals surface area contributed by atoms with Crippen LogP contribution in [-0.2, 0) is 33.2 Å². The molecule has 116 valence electrons. The van der Waals surface area contributed by atoms with Gasteiger partial charge in [-0.1, -0.05) is 0 Å². The lowest BCUT2D eigenvalue weighted by Crippen LogP contribution is -2.29. The Morgan fingerprint density at radius 1 is 0.947 bits per heavy atom. The first-order valence-electron chi connectivity index (χ1n) is 4.81. The summed E-state index contributed by atoms with van der Waals surface area (Å²) >= 11 is 0. The first kappa shape index (κ1) is 18.9. The Kier molecular flexibility index (Phi) is 7.06. The maximum atomic E-state index is 11.1. The molecule has 0 aliphatic rings. The molecule has 0 rings (SSSR count). The van der Waals surface area contributed by atoms with Crippen LogP contribution in [-0.4, -0.2) is 70.1 Å². The van der Waals surface area contributed by atoms with Crippen molar-refractivity contribution in [2.45, 2.75) is 0 Å². The summed E-state index contributed by atoms with van der Waals surface area (Å²) < 4.78 is 62.9. The van der Waals surface area contributed by atoms with Crippen molar-refractivity contribution in [1.82, 2.24) is 4.67 Å². The Hall–Kier alpha value is -0.0700. The van der Waals surface area contributed by atoms with Crippen molar-refractivity contribution < 1.29 is 39.6 Å². The van der Waals surface area contributed by atoms with E-state index in [0.29, 0.717) is 4.67 Å². The third kappa shape index (κ3) is 11.5. The zero-order valence-electron chi connectivity index (χ0n) is 10.3. The summed E-state index contributed by atoms with van der Waals surface area (Å²) in [5.74, 6) is 0. The second-order valence-electron chi connectivity index (χ2n) is 3.52. The summed E-state index contributed by atoms with van der Waals surface area (Å²) in [7, 11) is -12.1. The van der Waals surface area contributed by atoms with E-state index in [9.17, 15) is 21.4 Å². The predicted molar refractivity (Wildman–Crippen MR) is 65.2 cm³/mol. The summed E-state index contributed by atoms with van der Waals surface area (Å²) in [6.45, 7) is -1.74. The molecule has 0 spiro atoms. The van der Waals surface area contributed by atoms with Gasteiger partial charge in [0.05, 0.1) is 25.7 Å². The van der Waals surface area contributed by atoms with Crippen molar-refractivity contribution in [2.75, 3.05) is 38.8 Å². The second-order valence-corrected chi connectivity index (χ2v) is 8.40. The summed E-state index contributed by atoms with van der Waals surface area (Å²) in [4.78, 5) is 17.9. The van der Waals surface area contributed by atoms with Crippen LogP contribution in [0.3, 0.4) is 0 Å². The molecule has 0 bridgehead atoms. The monoisotopic (exact) mass is 341 g/mol. The molecule has 13 heteroatoms. The molecule has 0 unspecified atom stereocenters. The molecule has 0 aromatic carbocycles. The van der Waals surface area contributed by atoms with Gasteiger partial charge in [-0.3, -0.25) is 8.37 Å². The predicted octanol–water partition coefficient (Wildman–Crippen LogP) is -1.67. The van der Waals surface area contributed by atoms with E-state index in [-0.39, 0.29) is 0 Å². The van der Waals surface area contributed by atoms with Crippen molar-refractivity contribution in [3.8, 4) is 0 Å². The molecule has 2 N–H and O–H groups in total. The van der Waals surface area contributed by atoms with Gasteiger partial charge in [0, 0.05) is 13.1 Å². The SMILES string of the molecule is CS(=O)(=O)OCCN(CCOS(C)(=O)=O)P(=O)(O)O. The Balaban J connectivity index is 4.38. The summed E-state index contributed by atoms with van der Waals surface area (Å²) in [6.07, 6.45) is 1.59. The third-order valence-electron chi connectivity index (χ3n) is 1.66. The van der Waals surface area contributed by atoms with Crippen molar-refractivity contribution in [3.05, 3.63) is 0 Å². The maximum Gasteiger partial charge on any atom is 0.403 e. The Bertz CT molecular complexity index is 483. The van der Waals surface area contributed by atoms with Gasteiger partial charge in [-0.15, -0.1) is 0 Å². The van der Waals surface area contributed by atoms with E-state index in [2.05, 4.69) is 8.37 Å². The molecule has 0 aromatic rings. The standard InChI is InChI=1S/C6H16NO9PS2/c1-18(11,12)15-5-3-7(17(8,9)10)4-6-16-19(2,13)14/h3-6H2,1-2H3,(H2,8,9,10). The quantitative estimate of drug-likeness (QED) is 0.368. The topological polar surface area (TPSA) is 148 Å². The molecule has 0 fully saturated rings. The molecule has 0 aliphatic heterocycles. The molecule has 0 saturated carbocycles. The molecule has 0 saturated heterocycles. The van der Waals surface area contributed by atoms with E-state index in [1.807, 2.05) is 0 Å². The molecule has 0 atom stereocenters. The molecule has 0 aliphatic carbocycles. The lowest BCUT2D eigenvalue weighted by Gasteiger charge is -2.22. The van der Waals surface area contributed by atoms with Crippen LogP contribution in [0.4, 0.5) is 0 Å². The Labute approximate surface area is 111 Å². The molecule has 0 aromatic heterocycles. The minimum Gasteiger partial charge on any atom is -0.312 e. The van der Waals surface area contributed by atoms with Crippen LogP contribution in [0, 0.1) is 0 Å². The average molecular weight is 341 g/mol. The summed E-state index contributed by atoms with van der Waals surface area (Å²) in [5, 5.41) is 0. The van der Waals surface area contributed by atoms with Crippen molar-refractivity contribution >= 4 is 28.0 Å². The first-order valence-corrected chi connectivity index (χ1v) is 10.0. The van der Waals surface area contributed by atoms with Crippen LogP contribution in [0.5, 0.6) is 0 Å². The van der Waals surface area contributed by atoms with Crippen LogP contribution < -0.4 is 0 Å². The second kappa shape index (κ2) is 7.09. The molecule has 10 nitrogen and oxygen atoms in total. The van der Waals surface area contributed by atoms with E-state index < -0.39 is 54.3 Å². The summed E-state index contributed by atoms with van der Waals surface area (Å²) in [6, 6.07) is 0. The van der Waals surface area contributed by atoms with E-state index in [1.165, 1.54) is 0 Å². The molecule has 0 heterocycles.